The van der Waals surface area contributed by atoms with Crippen LogP contribution in [0.3, 0.4) is 0 Å². The third-order valence-electron chi connectivity index (χ3n) is 2.72. The first-order chi connectivity index (χ1) is 6.56. The molecule has 0 radical (unpaired) electrons. The summed E-state index contributed by atoms with van der Waals surface area (Å²) in [5.74, 6) is -0.581. The van der Waals surface area contributed by atoms with Gasteiger partial charge in [-0.2, -0.15) is 0 Å². The second-order valence-corrected chi connectivity index (χ2v) is 4.13. The molecule has 1 atom stereocenters. The van der Waals surface area contributed by atoms with Crippen molar-refractivity contribution in [3.05, 3.63) is 0 Å². The van der Waals surface area contributed by atoms with E-state index in [1.54, 1.807) is 0 Å². The average molecular weight is 201 g/mol. The van der Waals surface area contributed by atoms with Crippen LogP contribution >= 0.6 is 0 Å². The van der Waals surface area contributed by atoms with Crippen molar-refractivity contribution >= 4 is 5.97 Å². The Labute approximate surface area is 84.6 Å². The molecular formula is C10H19NO3. The van der Waals surface area contributed by atoms with E-state index in [0.29, 0.717) is 6.04 Å². The zero-order valence-electron chi connectivity index (χ0n) is 8.88. The molecule has 2 N–H and O–H groups in total. The fourth-order valence-corrected chi connectivity index (χ4v) is 1.77. The fourth-order valence-electron chi connectivity index (χ4n) is 1.77. The maximum absolute atomic E-state index is 11.1. The van der Waals surface area contributed by atoms with Gasteiger partial charge in [-0.25, -0.2) is 4.79 Å². The summed E-state index contributed by atoms with van der Waals surface area (Å²) in [6.45, 7) is 1.74. The molecule has 4 nitrogen and oxygen atoms in total. The standard InChI is InChI=1S/C10H19NO3/c1-10(13,9(12)14-2)7-11-8-5-3-4-6-8/h8,11,13H,3-7H2,1-2H3. The van der Waals surface area contributed by atoms with Crippen molar-refractivity contribution in [2.45, 2.75) is 44.2 Å². The first-order valence-corrected chi connectivity index (χ1v) is 5.10. The van der Waals surface area contributed by atoms with Crippen LogP contribution in [0, 0.1) is 0 Å². The molecule has 0 aromatic carbocycles. The molecule has 0 saturated heterocycles. The lowest BCUT2D eigenvalue weighted by atomic mass is 10.1. The molecule has 1 unspecified atom stereocenters. The lowest BCUT2D eigenvalue weighted by Crippen LogP contribution is -2.47. The number of esters is 1. The molecule has 0 heterocycles. The van der Waals surface area contributed by atoms with Crippen molar-refractivity contribution in [2.75, 3.05) is 13.7 Å². The van der Waals surface area contributed by atoms with Crippen LogP contribution in [0.1, 0.15) is 32.6 Å². The molecule has 82 valence electrons. The minimum Gasteiger partial charge on any atom is -0.467 e. The van der Waals surface area contributed by atoms with E-state index >= 15 is 0 Å². The minimum atomic E-state index is -1.41. The van der Waals surface area contributed by atoms with Gasteiger partial charge in [0.15, 0.2) is 5.60 Å². The van der Waals surface area contributed by atoms with Crippen molar-refractivity contribution < 1.29 is 14.6 Å². The Kier molecular flexibility index (Phi) is 3.89. The molecule has 1 aliphatic rings. The van der Waals surface area contributed by atoms with Gasteiger partial charge in [-0.15, -0.1) is 0 Å². The van der Waals surface area contributed by atoms with E-state index in [1.807, 2.05) is 0 Å². The van der Waals surface area contributed by atoms with Crippen molar-refractivity contribution in [3.8, 4) is 0 Å². The van der Waals surface area contributed by atoms with Crippen LogP contribution < -0.4 is 5.32 Å². The summed E-state index contributed by atoms with van der Waals surface area (Å²) in [4.78, 5) is 11.1. The van der Waals surface area contributed by atoms with Gasteiger partial charge in [0.1, 0.15) is 0 Å². The van der Waals surface area contributed by atoms with Gasteiger partial charge in [-0.3, -0.25) is 0 Å². The molecule has 0 aromatic rings. The summed E-state index contributed by atoms with van der Waals surface area (Å²) in [5, 5.41) is 12.9. The molecule has 4 heteroatoms. The average Bonchev–Trinajstić information content (AvgIpc) is 2.66. The Morgan fingerprint density at radius 3 is 2.64 bits per heavy atom. The summed E-state index contributed by atoms with van der Waals surface area (Å²) in [5.41, 5.74) is -1.41. The molecule has 0 amide bonds. The van der Waals surface area contributed by atoms with Crippen molar-refractivity contribution in [2.24, 2.45) is 0 Å². The van der Waals surface area contributed by atoms with Crippen LogP contribution in [0.5, 0.6) is 0 Å². The zero-order chi connectivity index (χ0) is 10.6. The molecule has 1 saturated carbocycles. The molecule has 0 spiro atoms. The molecule has 0 aliphatic heterocycles. The highest BCUT2D eigenvalue weighted by molar-refractivity contribution is 5.78. The summed E-state index contributed by atoms with van der Waals surface area (Å²) >= 11 is 0. The highest BCUT2D eigenvalue weighted by atomic mass is 16.5. The Morgan fingerprint density at radius 2 is 2.14 bits per heavy atom. The number of methoxy groups -OCH3 is 1. The van der Waals surface area contributed by atoms with E-state index in [0.717, 1.165) is 12.8 Å². The fraction of sp³-hybridized carbons (Fsp3) is 0.900. The zero-order valence-corrected chi connectivity index (χ0v) is 8.88. The van der Waals surface area contributed by atoms with Gasteiger partial charge in [0, 0.05) is 12.6 Å². The third-order valence-corrected chi connectivity index (χ3v) is 2.72. The second kappa shape index (κ2) is 4.75. The van der Waals surface area contributed by atoms with Gasteiger partial charge in [-0.1, -0.05) is 12.8 Å². The topological polar surface area (TPSA) is 58.6 Å². The maximum atomic E-state index is 11.1. The van der Waals surface area contributed by atoms with E-state index in [1.165, 1.54) is 26.9 Å². The van der Waals surface area contributed by atoms with Gasteiger partial charge in [-0.05, 0) is 19.8 Å². The SMILES string of the molecule is COC(=O)C(C)(O)CNC1CCCC1. The van der Waals surface area contributed by atoms with E-state index in [2.05, 4.69) is 10.1 Å². The number of hydrogen-bond acceptors (Lipinski definition) is 4. The van der Waals surface area contributed by atoms with Gasteiger partial charge in [0.25, 0.3) is 0 Å². The quantitative estimate of drug-likeness (QED) is 0.648. The predicted octanol–water partition coefficient (Wildman–Crippen LogP) is 0.443. The molecule has 1 fully saturated rings. The van der Waals surface area contributed by atoms with E-state index < -0.39 is 11.6 Å². The number of carbonyl (C=O) groups excluding carboxylic acids is 1. The first kappa shape index (κ1) is 11.5. The van der Waals surface area contributed by atoms with Crippen LogP contribution in [0.25, 0.3) is 0 Å². The monoisotopic (exact) mass is 201 g/mol. The van der Waals surface area contributed by atoms with Crippen LogP contribution in [0.2, 0.25) is 0 Å². The number of carbonyl (C=O) groups is 1. The highest BCUT2D eigenvalue weighted by Crippen LogP contribution is 2.18. The van der Waals surface area contributed by atoms with Crippen molar-refractivity contribution in [1.29, 1.82) is 0 Å². The molecular weight excluding hydrogens is 182 g/mol. The number of ether oxygens (including phenoxy) is 1. The molecule has 14 heavy (non-hydrogen) atoms. The van der Waals surface area contributed by atoms with Crippen LogP contribution in [0.4, 0.5) is 0 Å². The second-order valence-electron chi connectivity index (χ2n) is 4.13. The Morgan fingerprint density at radius 1 is 1.57 bits per heavy atom. The van der Waals surface area contributed by atoms with Crippen molar-refractivity contribution in [3.63, 3.8) is 0 Å². The van der Waals surface area contributed by atoms with E-state index in [9.17, 15) is 9.90 Å². The summed E-state index contributed by atoms with van der Waals surface area (Å²) in [6, 6.07) is 0.450. The highest BCUT2D eigenvalue weighted by Gasteiger charge is 2.32. The first-order valence-electron chi connectivity index (χ1n) is 5.10. The Bertz CT molecular complexity index is 198. The van der Waals surface area contributed by atoms with Gasteiger partial charge in [0.05, 0.1) is 7.11 Å². The van der Waals surface area contributed by atoms with Gasteiger partial charge in [0.2, 0.25) is 0 Å². The number of hydrogen-bond donors (Lipinski definition) is 2. The van der Waals surface area contributed by atoms with Crippen LogP contribution in [-0.4, -0.2) is 36.4 Å². The maximum Gasteiger partial charge on any atom is 0.338 e. The predicted molar refractivity (Wildman–Crippen MR) is 52.9 cm³/mol. The Balaban J connectivity index is 2.31. The smallest absolute Gasteiger partial charge is 0.338 e. The normalized spacial score (nSPS) is 21.9. The van der Waals surface area contributed by atoms with Crippen molar-refractivity contribution in [1.82, 2.24) is 5.32 Å². The van der Waals surface area contributed by atoms with Crippen LogP contribution in [0.15, 0.2) is 0 Å². The number of nitrogens with one attached hydrogen (secondary N) is 1. The number of aliphatic hydroxyl groups is 1. The summed E-state index contributed by atoms with van der Waals surface area (Å²) < 4.78 is 4.50. The third kappa shape index (κ3) is 2.96. The van der Waals surface area contributed by atoms with E-state index in [-0.39, 0.29) is 6.54 Å². The van der Waals surface area contributed by atoms with Gasteiger partial charge >= 0.3 is 5.97 Å². The van der Waals surface area contributed by atoms with Crippen LogP contribution in [-0.2, 0) is 9.53 Å². The molecule has 1 aliphatic carbocycles. The van der Waals surface area contributed by atoms with E-state index in [4.69, 9.17) is 0 Å². The Hall–Kier alpha value is -0.610. The minimum absolute atomic E-state index is 0.268. The number of rotatable bonds is 4. The summed E-state index contributed by atoms with van der Waals surface area (Å²) in [6.07, 6.45) is 4.74. The largest absolute Gasteiger partial charge is 0.467 e. The van der Waals surface area contributed by atoms with Gasteiger partial charge < -0.3 is 15.2 Å². The molecule has 1 rings (SSSR count). The lowest BCUT2D eigenvalue weighted by molar-refractivity contribution is -0.160. The molecule has 0 aromatic heterocycles. The molecule has 0 bridgehead atoms. The lowest BCUT2D eigenvalue weighted by Gasteiger charge is -2.22. The summed E-state index contributed by atoms with van der Waals surface area (Å²) in [7, 11) is 1.28.